The first-order valence-corrected chi connectivity index (χ1v) is 13.1. The highest BCUT2D eigenvalue weighted by Gasteiger charge is 2.22. The molecular weight excluding hydrogens is 478 g/mol. The maximum Gasteiger partial charge on any atom is 0.282 e. The van der Waals surface area contributed by atoms with Gasteiger partial charge in [0, 0.05) is 11.5 Å². The average Bonchev–Trinajstić information content (AvgIpc) is 2.96. The molecule has 1 heterocycles. The molecule has 0 N–H and O–H groups in total. The first kappa shape index (κ1) is 25.5. The summed E-state index contributed by atoms with van der Waals surface area (Å²) in [5, 5.41) is 5.20. The van der Waals surface area contributed by atoms with Gasteiger partial charge in [-0.25, -0.2) is 4.98 Å². The third kappa shape index (κ3) is 5.42. The zero-order chi connectivity index (χ0) is 26.5. The van der Waals surface area contributed by atoms with Crippen LogP contribution >= 0.6 is 0 Å². The van der Waals surface area contributed by atoms with Crippen molar-refractivity contribution in [2.45, 2.75) is 51.6 Å². The van der Waals surface area contributed by atoms with Gasteiger partial charge in [0.2, 0.25) is 5.75 Å². The molecule has 5 rings (SSSR count). The van der Waals surface area contributed by atoms with E-state index in [9.17, 15) is 4.79 Å². The molecule has 7 nitrogen and oxygen atoms in total. The number of nitrogens with zero attached hydrogens (tertiary/aromatic N) is 3. The molecule has 0 unspecified atom stereocenters. The Morgan fingerprint density at radius 3 is 2.34 bits per heavy atom. The number of hydrogen-bond acceptors (Lipinski definition) is 6. The van der Waals surface area contributed by atoms with Crippen molar-refractivity contribution in [3.05, 3.63) is 93.5 Å². The van der Waals surface area contributed by atoms with Gasteiger partial charge >= 0.3 is 0 Å². The normalized spacial score (nSPS) is 14.2. The molecule has 7 heteroatoms. The summed E-state index contributed by atoms with van der Waals surface area (Å²) in [4.78, 5) is 18.4. The van der Waals surface area contributed by atoms with E-state index in [4.69, 9.17) is 19.2 Å². The molecule has 196 valence electrons. The fraction of sp³-hybridized carbons (Fsp3) is 0.323. The van der Waals surface area contributed by atoms with Crippen molar-refractivity contribution in [1.82, 2.24) is 9.66 Å². The SMILES string of the molecule is COc1cc(C=Nn2c(C3CCCCC3)nc3ccccc3c2=O)cc(OC)c1OCc1ccc(C)cc1. The third-order valence-corrected chi connectivity index (χ3v) is 7.06. The van der Waals surface area contributed by atoms with E-state index in [-0.39, 0.29) is 11.5 Å². The van der Waals surface area contributed by atoms with Gasteiger partial charge in [-0.3, -0.25) is 4.79 Å². The van der Waals surface area contributed by atoms with Crippen LogP contribution in [0.3, 0.4) is 0 Å². The van der Waals surface area contributed by atoms with Gasteiger partial charge in [-0.1, -0.05) is 61.2 Å². The van der Waals surface area contributed by atoms with Crippen molar-refractivity contribution in [2.24, 2.45) is 5.10 Å². The molecule has 0 spiro atoms. The first-order chi connectivity index (χ1) is 18.6. The second kappa shape index (κ2) is 11.5. The van der Waals surface area contributed by atoms with Crippen LogP contribution in [0.25, 0.3) is 10.9 Å². The fourth-order valence-corrected chi connectivity index (χ4v) is 4.96. The van der Waals surface area contributed by atoms with E-state index < -0.39 is 0 Å². The summed E-state index contributed by atoms with van der Waals surface area (Å²) in [5.74, 6) is 2.49. The molecule has 4 aromatic rings. The number of ether oxygens (including phenoxy) is 3. The number of para-hydroxylation sites is 1. The number of aromatic nitrogens is 2. The van der Waals surface area contributed by atoms with Gasteiger partial charge in [0.1, 0.15) is 12.4 Å². The molecule has 1 aromatic heterocycles. The van der Waals surface area contributed by atoms with Crippen LogP contribution < -0.4 is 19.8 Å². The van der Waals surface area contributed by atoms with Crippen molar-refractivity contribution in [1.29, 1.82) is 0 Å². The second-order valence-electron chi connectivity index (χ2n) is 9.71. The summed E-state index contributed by atoms with van der Waals surface area (Å²) in [5.41, 5.74) is 3.51. The van der Waals surface area contributed by atoms with Gasteiger partial charge in [0.25, 0.3) is 5.56 Å². The molecule has 1 fully saturated rings. The summed E-state index contributed by atoms with van der Waals surface area (Å²) >= 11 is 0. The van der Waals surface area contributed by atoms with Crippen molar-refractivity contribution in [3.8, 4) is 17.2 Å². The molecule has 1 aliphatic carbocycles. The van der Waals surface area contributed by atoms with Crippen LogP contribution in [0.1, 0.15) is 60.5 Å². The number of fused-ring (bicyclic) bond motifs is 1. The summed E-state index contributed by atoms with van der Waals surface area (Å²) in [6, 6.07) is 19.3. The summed E-state index contributed by atoms with van der Waals surface area (Å²) in [7, 11) is 3.18. The van der Waals surface area contributed by atoms with Crippen molar-refractivity contribution >= 4 is 17.1 Å². The predicted octanol–water partition coefficient (Wildman–Crippen LogP) is 6.23. The second-order valence-corrected chi connectivity index (χ2v) is 9.71. The molecule has 3 aromatic carbocycles. The molecule has 0 bridgehead atoms. The van der Waals surface area contributed by atoms with Crippen molar-refractivity contribution in [3.63, 3.8) is 0 Å². The van der Waals surface area contributed by atoms with Crippen LogP contribution in [0.4, 0.5) is 0 Å². The quantitative estimate of drug-likeness (QED) is 0.262. The lowest BCUT2D eigenvalue weighted by Gasteiger charge is -2.22. The Bertz CT molecular complexity index is 1480. The molecule has 1 aliphatic rings. The zero-order valence-corrected chi connectivity index (χ0v) is 22.1. The summed E-state index contributed by atoms with van der Waals surface area (Å²) in [6.07, 6.45) is 7.16. The zero-order valence-electron chi connectivity index (χ0n) is 22.1. The van der Waals surface area contributed by atoms with E-state index in [1.165, 1.54) is 16.7 Å². The van der Waals surface area contributed by atoms with E-state index in [1.807, 2.05) is 42.5 Å². The lowest BCUT2D eigenvalue weighted by molar-refractivity contribution is 0.266. The van der Waals surface area contributed by atoms with Gasteiger partial charge < -0.3 is 14.2 Å². The number of methoxy groups -OCH3 is 2. The van der Waals surface area contributed by atoms with Gasteiger partial charge in [-0.15, -0.1) is 0 Å². The van der Waals surface area contributed by atoms with Crippen LogP contribution in [0, 0.1) is 6.92 Å². The van der Waals surface area contributed by atoms with Crippen LogP contribution in [-0.4, -0.2) is 30.1 Å². The van der Waals surface area contributed by atoms with Gasteiger partial charge in [0.05, 0.1) is 31.3 Å². The minimum Gasteiger partial charge on any atom is -0.493 e. The van der Waals surface area contributed by atoms with Gasteiger partial charge in [-0.2, -0.15) is 9.78 Å². The Balaban J connectivity index is 1.50. The van der Waals surface area contributed by atoms with Crippen LogP contribution in [0.2, 0.25) is 0 Å². The summed E-state index contributed by atoms with van der Waals surface area (Å²) in [6.45, 7) is 2.43. The van der Waals surface area contributed by atoms with Crippen LogP contribution in [0.15, 0.2) is 70.6 Å². The maximum absolute atomic E-state index is 13.5. The monoisotopic (exact) mass is 511 g/mol. The number of benzene rings is 3. The molecule has 0 radical (unpaired) electrons. The standard InChI is InChI=1S/C31H33N3O4/c1-21-13-15-22(16-14-21)20-38-29-27(36-2)17-23(18-28(29)37-3)19-32-34-30(24-9-5-4-6-10-24)33-26-12-8-7-11-25(26)31(34)35/h7-8,11-19,24H,4-6,9-10,20H2,1-3H3. The van der Waals surface area contributed by atoms with E-state index in [1.54, 1.807) is 26.5 Å². The Kier molecular flexibility index (Phi) is 7.73. The Morgan fingerprint density at radius 1 is 0.974 bits per heavy atom. The molecule has 0 atom stereocenters. The topological polar surface area (TPSA) is 74.9 Å². The number of aryl methyl sites for hydroxylation is 1. The minimum absolute atomic E-state index is 0.163. The fourth-order valence-electron chi connectivity index (χ4n) is 4.96. The highest BCUT2D eigenvalue weighted by Crippen LogP contribution is 2.39. The third-order valence-electron chi connectivity index (χ3n) is 7.06. The van der Waals surface area contributed by atoms with E-state index in [2.05, 4.69) is 24.2 Å². The lowest BCUT2D eigenvalue weighted by atomic mass is 9.88. The van der Waals surface area contributed by atoms with Gasteiger partial charge in [0.15, 0.2) is 11.5 Å². The molecular formula is C31H33N3O4. The molecule has 0 saturated heterocycles. The van der Waals surface area contributed by atoms with Crippen LogP contribution in [0.5, 0.6) is 17.2 Å². The number of rotatable bonds is 8. The predicted molar refractivity (Wildman–Crippen MR) is 150 cm³/mol. The van der Waals surface area contributed by atoms with Crippen LogP contribution in [-0.2, 0) is 6.61 Å². The lowest BCUT2D eigenvalue weighted by Crippen LogP contribution is -2.25. The van der Waals surface area contributed by atoms with Crippen molar-refractivity contribution < 1.29 is 14.2 Å². The average molecular weight is 512 g/mol. The first-order valence-electron chi connectivity index (χ1n) is 13.1. The smallest absolute Gasteiger partial charge is 0.282 e. The minimum atomic E-state index is -0.163. The maximum atomic E-state index is 13.5. The number of hydrogen-bond donors (Lipinski definition) is 0. The molecule has 1 saturated carbocycles. The highest BCUT2D eigenvalue weighted by atomic mass is 16.5. The highest BCUT2D eigenvalue weighted by molar-refractivity contribution is 5.83. The summed E-state index contributed by atoms with van der Waals surface area (Å²) < 4.78 is 18.9. The van der Waals surface area contributed by atoms with Crippen molar-refractivity contribution in [2.75, 3.05) is 14.2 Å². The van der Waals surface area contributed by atoms with E-state index in [0.717, 1.165) is 42.6 Å². The molecule has 38 heavy (non-hydrogen) atoms. The van der Waals surface area contributed by atoms with E-state index >= 15 is 0 Å². The Labute approximate surface area is 222 Å². The Morgan fingerprint density at radius 2 is 1.66 bits per heavy atom. The Hall–Kier alpha value is -4.13. The molecule has 0 aliphatic heterocycles. The largest absolute Gasteiger partial charge is 0.493 e. The van der Waals surface area contributed by atoms with E-state index in [0.29, 0.717) is 34.8 Å². The molecule has 0 amide bonds. The van der Waals surface area contributed by atoms with Gasteiger partial charge in [-0.05, 0) is 49.6 Å².